The van der Waals surface area contributed by atoms with E-state index < -0.39 is 0 Å². The van der Waals surface area contributed by atoms with Gasteiger partial charge in [-0.3, -0.25) is 0 Å². The Morgan fingerprint density at radius 3 is 1.42 bits per heavy atom. The van der Waals surface area contributed by atoms with Crippen molar-refractivity contribution in [3.05, 3.63) is 11.4 Å². The maximum Gasteiger partial charge on any atom is 0.105 e. The highest BCUT2D eigenvalue weighted by atomic mass is 35.5. The monoisotopic (exact) mass is 276 g/mol. The van der Waals surface area contributed by atoms with Crippen LogP contribution in [-0.4, -0.2) is 28.7 Å². The second-order valence-electron chi connectivity index (χ2n) is 1.93. The van der Waals surface area contributed by atoms with E-state index in [-0.39, 0.29) is 9.67 Å². The maximum atomic E-state index is 5.54. The van der Waals surface area contributed by atoms with Crippen LogP contribution in [0.5, 0.6) is 0 Å². The van der Waals surface area contributed by atoms with Gasteiger partial charge >= 0.3 is 0 Å². The minimum atomic E-state index is -0.245. The molecule has 0 atom stereocenters. The molecule has 0 amide bonds. The van der Waals surface area contributed by atoms with Gasteiger partial charge in [0.1, 0.15) is 9.67 Å². The van der Waals surface area contributed by atoms with Gasteiger partial charge < -0.3 is 0 Å². The molecule has 0 unspecified atom stereocenters. The zero-order chi connectivity index (χ0) is 9.40. The average molecular weight is 278 g/mol. The van der Waals surface area contributed by atoms with Crippen LogP contribution in [-0.2, 0) is 0 Å². The van der Waals surface area contributed by atoms with Crippen molar-refractivity contribution < 1.29 is 0 Å². The molecule has 0 aromatic rings. The summed E-state index contributed by atoms with van der Waals surface area (Å²) in [5.74, 6) is 0. The zero-order valence-corrected chi connectivity index (χ0v) is 11.3. The summed E-state index contributed by atoms with van der Waals surface area (Å²) in [6.07, 6.45) is 0. The van der Waals surface area contributed by atoms with Crippen molar-refractivity contribution in [1.82, 2.24) is 0 Å². The van der Waals surface area contributed by atoms with Gasteiger partial charge in [-0.05, 0) is 12.1 Å². The molecule has 0 aromatic heterocycles. The van der Waals surface area contributed by atoms with Crippen molar-refractivity contribution in [2.24, 2.45) is 0 Å². The van der Waals surface area contributed by atoms with Crippen LogP contribution in [0, 0.1) is 0 Å². The SMILES string of the molecule is ClC(Cl)C[Si]C=C[Si]CC(Cl)Cl. The Morgan fingerprint density at radius 2 is 1.17 bits per heavy atom. The van der Waals surface area contributed by atoms with Gasteiger partial charge in [-0.2, -0.15) is 0 Å². The summed E-state index contributed by atoms with van der Waals surface area (Å²) in [6, 6.07) is 1.66. The van der Waals surface area contributed by atoms with E-state index in [1.807, 2.05) is 0 Å². The molecule has 12 heavy (non-hydrogen) atoms. The summed E-state index contributed by atoms with van der Waals surface area (Å²) in [5.41, 5.74) is 4.18. The van der Waals surface area contributed by atoms with Crippen LogP contribution >= 0.6 is 46.4 Å². The van der Waals surface area contributed by atoms with E-state index in [4.69, 9.17) is 46.4 Å². The van der Waals surface area contributed by atoms with E-state index in [2.05, 4.69) is 11.4 Å². The molecule has 0 spiro atoms. The minimum Gasteiger partial charge on any atom is -0.107 e. The molecule has 0 aliphatic carbocycles. The van der Waals surface area contributed by atoms with E-state index in [1.54, 1.807) is 0 Å². The molecular formula is C6H8Cl4Si2. The fourth-order valence-corrected chi connectivity index (χ4v) is 3.07. The van der Waals surface area contributed by atoms with Gasteiger partial charge in [0.05, 0.1) is 19.0 Å². The number of alkyl halides is 4. The Morgan fingerprint density at radius 1 is 0.833 bits per heavy atom. The molecule has 0 N–H and O–H groups in total. The molecule has 0 rings (SSSR count). The average Bonchev–Trinajstić information content (AvgIpc) is 1.95. The lowest BCUT2D eigenvalue weighted by atomic mass is 10.9. The van der Waals surface area contributed by atoms with Crippen LogP contribution < -0.4 is 0 Å². The van der Waals surface area contributed by atoms with Crippen LogP contribution in [0.3, 0.4) is 0 Å². The Hall–Kier alpha value is 1.33. The van der Waals surface area contributed by atoms with Crippen LogP contribution in [0.15, 0.2) is 11.4 Å². The molecule has 0 aliphatic heterocycles. The third-order valence-corrected chi connectivity index (χ3v) is 4.94. The van der Waals surface area contributed by atoms with Crippen molar-refractivity contribution in [2.75, 3.05) is 0 Å². The van der Waals surface area contributed by atoms with E-state index in [0.29, 0.717) is 19.0 Å². The lowest BCUT2D eigenvalue weighted by Gasteiger charge is -1.94. The lowest BCUT2D eigenvalue weighted by molar-refractivity contribution is 1.35. The normalized spacial score (nSPS) is 12.2. The molecule has 0 fully saturated rings. The van der Waals surface area contributed by atoms with Gasteiger partial charge in [-0.15, -0.1) is 57.8 Å². The van der Waals surface area contributed by atoms with Crippen molar-refractivity contribution >= 4 is 65.4 Å². The summed E-state index contributed by atoms with van der Waals surface area (Å²) in [5, 5.41) is 0. The Labute approximate surface area is 98.2 Å². The van der Waals surface area contributed by atoms with Crippen LogP contribution in [0.2, 0.25) is 12.1 Å². The molecular weight excluding hydrogens is 270 g/mol. The summed E-state index contributed by atoms with van der Waals surface area (Å²) in [6.45, 7) is 0. The van der Waals surface area contributed by atoms with Gasteiger partial charge in [-0.25, -0.2) is 0 Å². The summed E-state index contributed by atoms with van der Waals surface area (Å²) < 4.78 is 0. The summed E-state index contributed by atoms with van der Waals surface area (Å²) >= 11 is 22.2. The third kappa shape index (κ3) is 11.3. The molecule has 0 aliphatic rings. The molecule has 0 nitrogen and oxygen atoms in total. The second kappa shape index (κ2) is 8.91. The Balaban J connectivity index is 3.15. The largest absolute Gasteiger partial charge is 0.107 e. The van der Waals surface area contributed by atoms with E-state index in [9.17, 15) is 0 Å². The smallest absolute Gasteiger partial charge is 0.105 e. The standard InChI is InChI=1S/C6H8Cl4Si2/c7-5(8)3-11-1-2-12-4-6(9)10/h1-2,5-6H,3-4H2. The quantitative estimate of drug-likeness (QED) is 0.516. The fourth-order valence-electron chi connectivity index (χ4n) is 0.432. The maximum absolute atomic E-state index is 5.54. The Kier molecular flexibility index (Phi) is 9.90. The molecule has 0 aromatic carbocycles. The number of hydrogen-bond donors (Lipinski definition) is 0. The molecule has 6 heteroatoms. The van der Waals surface area contributed by atoms with Gasteiger partial charge in [0, 0.05) is 0 Å². The minimum absolute atomic E-state index is 0.245. The molecule has 0 bridgehead atoms. The first kappa shape index (κ1) is 13.3. The van der Waals surface area contributed by atoms with Crippen molar-refractivity contribution in [3.8, 4) is 0 Å². The third-order valence-electron chi connectivity index (χ3n) is 0.863. The zero-order valence-electron chi connectivity index (χ0n) is 6.24. The van der Waals surface area contributed by atoms with Crippen LogP contribution in [0.4, 0.5) is 0 Å². The molecule has 0 saturated carbocycles. The van der Waals surface area contributed by atoms with E-state index >= 15 is 0 Å². The predicted molar refractivity (Wildman–Crippen MR) is 61.3 cm³/mol. The predicted octanol–water partition coefficient (Wildman–Crippen LogP) is 3.31. The highest BCUT2D eigenvalue weighted by Gasteiger charge is 1.97. The van der Waals surface area contributed by atoms with E-state index in [0.717, 1.165) is 12.1 Å². The number of rotatable bonds is 6. The second-order valence-corrected chi connectivity index (χ2v) is 6.79. The van der Waals surface area contributed by atoms with Crippen molar-refractivity contribution in [2.45, 2.75) is 21.8 Å². The Bertz CT molecular complexity index is 113. The number of halogens is 4. The highest BCUT2D eigenvalue weighted by molar-refractivity contribution is 6.55. The molecule has 4 radical (unpaired) electrons. The first-order valence-corrected chi connectivity index (χ1v) is 7.62. The molecule has 68 valence electrons. The highest BCUT2D eigenvalue weighted by Crippen LogP contribution is 2.07. The molecule has 0 heterocycles. The fraction of sp³-hybridized carbons (Fsp3) is 0.667. The number of hydrogen-bond acceptors (Lipinski definition) is 0. The van der Waals surface area contributed by atoms with Crippen LogP contribution in [0.25, 0.3) is 0 Å². The van der Waals surface area contributed by atoms with Gasteiger partial charge in [0.2, 0.25) is 0 Å². The first-order chi connectivity index (χ1) is 5.63. The lowest BCUT2D eigenvalue weighted by Crippen LogP contribution is -1.95. The van der Waals surface area contributed by atoms with Gasteiger partial charge in [0.15, 0.2) is 0 Å². The van der Waals surface area contributed by atoms with Gasteiger partial charge in [0.25, 0.3) is 0 Å². The molecule has 0 saturated heterocycles. The first-order valence-electron chi connectivity index (χ1n) is 3.31. The van der Waals surface area contributed by atoms with Gasteiger partial charge in [-0.1, -0.05) is 0 Å². The van der Waals surface area contributed by atoms with Crippen LogP contribution in [0.1, 0.15) is 0 Å². The van der Waals surface area contributed by atoms with Crippen molar-refractivity contribution in [1.29, 1.82) is 0 Å². The topological polar surface area (TPSA) is 0 Å². The van der Waals surface area contributed by atoms with E-state index in [1.165, 1.54) is 0 Å². The summed E-state index contributed by atoms with van der Waals surface area (Å²) in [4.78, 5) is -0.491. The summed E-state index contributed by atoms with van der Waals surface area (Å²) in [7, 11) is 1.38. The van der Waals surface area contributed by atoms with Crippen molar-refractivity contribution in [3.63, 3.8) is 0 Å².